The number of anilines is 1. The maximum absolute atomic E-state index is 13.1. The van der Waals surface area contributed by atoms with E-state index in [9.17, 15) is 26.4 Å². The molecule has 1 saturated heterocycles. The summed E-state index contributed by atoms with van der Waals surface area (Å²) in [6.45, 7) is 1.07. The number of amides is 1. The number of hydrogen-bond acceptors (Lipinski definition) is 7. The number of halogens is 3. The highest BCUT2D eigenvalue weighted by Gasteiger charge is 2.32. The number of benzene rings is 2. The topological polar surface area (TPSA) is 95.5 Å². The number of aromatic nitrogens is 2. The van der Waals surface area contributed by atoms with Crippen molar-refractivity contribution in [3.63, 3.8) is 0 Å². The molecule has 1 aliphatic heterocycles. The lowest BCUT2D eigenvalue weighted by atomic mass is 10.2. The fourth-order valence-electron chi connectivity index (χ4n) is 3.40. The van der Waals surface area contributed by atoms with Gasteiger partial charge in [0, 0.05) is 31.9 Å². The summed E-state index contributed by atoms with van der Waals surface area (Å²) in [6.07, 6.45) is -4.44. The number of fused-ring (bicyclic) bond motifs is 1. The first kappa shape index (κ1) is 22.6. The van der Waals surface area contributed by atoms with Crippen LogP contribution in [0.4, 0.5) is 18.9 Å². The quantitative estimate of drug-likeness (QED) is 0.597. The Hall–Kier alpha value is -2.61. The molecule has 0 saturated carbocycles. The summed E-state index contributed by atoms with van der Waals surface area (Å²) in [6, 6.07) is 9.01. The van der Waals surface area contributed by atoms with Gasteiger partial charge in [-0.25, -0.2) is 8.42 Å². The second-order valence-electron chi connectivity index (χ2n) is 7.19. The van der Waals surface area contributed by atoms with Crippen LogP contribution in [0.3, 0.4) is 0 Å². The number of nitrogens with zero attached hydrogens (tertiary/aromatic N) is 4. The van der Waals surface area contributed by atoms with Crippen LogP contribution in [0, 0.1) is 0 Å². The average Bonchev–Trinajstić information content (AvgIpc) is 3.22. The molecule has 8 nitrogen and oxygen atoms in total. The van der Waals surface area contributed by atoms with E-state index in [1.54, 1.807) is 17.0 Å². The highest BCUT2D eigenvalue weighted by atomic mass is 32.2. The van der Waals surface area contributed by atoms with Crippen molar-refractivity contribution >= 4 is 44.4 Å². The lowest BCUT2D eigenvalue weighted by molar-refractivity contribution is -0.137. The molecule has 3 aromatic rings. The summed E-state index contributed by atoms with van der Waals surface area (Å²) in [5.74, 6) is -0.389. The van der Waals surface area contributed by atoms with E-state index < -0.39 is 21.8 Å². The first-order valence-corrected chi connectivity index (χ1v) is 11.7. The van der Waals surface area contributed by atoms with Crippen LogP contribution in [0.5, 0.6) is 0 Å². The second kappa shape index (κ2) is 8.73. The predicted molar refractivity (Wildman–Crippen MR) is 113 cm³/mol. The zero-order valence-electron chi connectivity index (χ0n) is 16.5. The van der Waals surface area contributed by atoms with Crippen LogP contribution in [0.2, 0.25) is 0 Å². The smallest absolute Gasteiger partial charge is 0.325 e. The van der Waals surface area contributed by atoms with Crippen molar-refractivity contribution in [2.75, 3.05) is 38.0 Å². The minimum Gasteiger partial charge on any atom is -0.325 e. The number of alkyl halides is 3. The van der Waals surface area contributed by atoms with Crippen molar-refractivity contribution in [3.8, 4) is 0 Å². The van der Waals surface area contributed by atoms with E-state index in [2.05, 4.69) is 14.1 Å². The molecule has 1 aromatic heterocycles. The second-order valence-corrected chi connectivity index (χ2v) is 9.63. The molecule has 1 amide bonds. The predicted octanol–water partition coefficient (Wildman–Crippen LogP) is 2.66. The number of piperazine rings is 1. The molecule has 2 heterocycles. The molecule has 0 aliphatic carbocycles. The number of rotatable bonds is 5. The van der Waals surface area contributed by atoms with Crippen molar-refractivity contribution in [2.24, 2.45) is 0 Å². The van der Waals surface area contributed by atoms with Crippen LogP contribution < -0.4 is 5.32 Å². The molecule has 32 heavy (non-hydrogen) atoms. The summed E-state index contributed by atoms with van der Waals surface area (Å²) < 4.78 is 73.5. The SMILES string of the molecule is O=C(CN1CCN(S(=O)(=O)c2cccc3nsnc23)CC1)Nc1ccc(C(F)(F)F)cc1. The van der Waals surface area contributed by atoms with Gasteiger partial charge in [0.1, 0.15) is 15.9 Å². The van der Waals surface area contributed by atoms with Gasteiger partial charge in [-0.1, -0.05) is 6.07 Å². The summed E-state index contributed by atoms with van der Waals surface area (Å²) in [4.78, 5) is 14.2. The molecular formula is C19H18F3N5O3S2. The third-order valence-corrected chi connectivity index (χ3v) is 7.53. The molecule has 0 bridgehead atoms. The van der Waals surface area contributed by atoms with Gasteiger partial charge < -0.3 is 5.32 Å². The van der Waals surface area contributed by atoms with E-state index in [0.717, 1.165) is 23.9 Å². The van der Waals surface area contributed by atoms with Crippen LogP contribution in [-0.4, -0.2) is 65.0 Å². The molecule has 13 heteroatoms. The normalized spacial score (nSPS) is 16.3. The Morgan fingerprint density at radius 1 is 1.03 bits per heavy atom. The van der Waals surface area contributed by atoms with Crippen molar-refractivity contribution in [1.82, 2.24) is 18.0 Å². The van der Waals surface area contributed by atoms with Crippen LogP contribution in [0.1, 0.15) is 5.56 Å². The van der Waals surface area contributed by atoms with Gasteiger partial charge in [0.25, 0.3) is 0 Å². The third-order valence-electron chi connectivity index (χ3n) is 5.06. The standard InChI is InChI=1S/C19H18F3N5O3S2/c20-19(21,22)13-4-6-14(7-5-13)23-17(28)12-26-8-10-27(11-9-26)32(29,30)16-3-1-2-15-18(16)25-31-24-15/h1-7H,8-12H2,(H,23,28). The Bertz CT molecular complexity index is 1220. The highest BCUT2D eigenvalue weighted by molar-refractivity contribution is 7.89. The number of nitrogens with one attached hydrogen (secondary N) is 1. The zero-order valence-corrected chi connectivity index (χ0v) is 18.2. The van der Waals surface area contributed by atoms with Crippen molar-refractivity contribution in [1.29, 1.82) is 0 Å². The molecule has 0 radical (unpaired) electrons. The number of carbonyl (C=O) groups is 1. The summed E-state index contributed by atoms with van der Waals surface area (Å²) >= 11 is 0.948. The van der Waals surface area contributed by atoms with Crippen LogP contribution in [0.25, 0.3) is 11.0 Å². The van der Waals surface area contributed by atoms with Gasteiger partial charge in [0.2, 0.25) is 15.9 Å². The Kier molecular flexibility index (Phi) is 6.16. The van der Waals surface area contributed by atoms with E-state index >= 15 is 0 Å². The Morgan fingerprint density at radius 2 is 1.72 bits per heavy atom. The van der Waals surface area contributed by atoms with Crippen molar-refractivity contribution in [3.05, 3.63) is 48.0 Å². The number of hydrogen-bond donors (Lipinski definition) is 1. The van der Waals surface area contributed by atoms with Crippen LogP contribution in [-0.2, 0) is 21.0 Å². The van der Waals surface area contributed by atoms with E-state index in [0.29, 0.717) is 24.1 Å². The van der Waals surface area contributed by atoms with Crippen molar-refractivity contribution < 1.29 is 26.4 Å². The van der Waals surface area contributed by atoms with Crippen molar-refractivity contribution in [2.45, 2.75) is 11.1 Å². The van der Waals surface area contributed by atoms with Gasteiger partial charge in [-0.3, -0.25) is 9.69 Å². The Labute approximate surface area is 186 Å². The van der Waals surface area contributed by atoms with E-state index in [4.69, 9.17) is 0 Å². The van der Waals surface area contributed by atoms with Crippen LogP contribution in [0.15, 0.2) is 47.4 Å². The van der Waals surface area contributed by atoms with Gasteiger partial charge in [0.05, 0.1) is 23.8 Å². The highest BCUT2D eigenvalue weighted by Crippen LogP contribution is 2.30. The first-order valence-electron chi connectivity index (χ1n) is 9.55. The van der Waals surface area contributed by atoms with Gasteiger partial charge in [-0.2, -0.15) is 26.2 Å². The molecule has 0 spiro atoms. The summed E-state index contributed by atoms with van der Waals surface area (Å²) in [5, 5.41) is 2.56. The Balaban J connectivity index is 1.34. The number of carbonyl (C=O) groups excluding carboxylic acids is 1. The van der Waals surface area contributed by atoms with E-state index in [1.807, 2.05) is 0 Å². The molecule has 0 unspecified atom stereocenters. The summed E-state index contributed by atoms with van der Waals surface area (Å²) in [7, 11) is -3.76. The molecule has 1 aliphatic rings. The van der Waals surface area contributed by atoms with E-state index in [1.165, 1.54) is 22.5 Å². The van der Waals surface area contributed by atoms with Crippen LogP contribution >= 0.6 is 11.7 Å². The van der Waals surface area contributed by atoms with Gasteiger partial charge >= 0.3 is 6.18 Å². The minimum absolute atomic E-state index is 0.000494. The largest absolute Gasteiger partial charge is 0.416 e. The monoisotopic (exact) mass is 485 g/mol. The molecule has 2 aromatic carbocycles. The van der Waals surface area contributed by atoms with Gasteiger partial charge in [-0.05, 0) is 36.4 Å². The fraction of sp³-hybridized carbons (Fsp3) is 0.316. The maximum Gasteiger partial charge on any atom is 0.416 e. The van der Waals surface area contributed by atoms with Gasteiger partial charge in [0.15, 0.2) is 0 Å². The average molecular weight is 486 g/mol. The lowest BCUT2D eigenvalue weighted by Gasteiger charge is -2.33. The molecule has 170 valence electrons. The Morgan fingerprint density at radius 3 is 2.38 bits per heavy atom. The third kappa shape index (κ3) is 4.75. The maximum atomic E-state index is 13.1. The number of sulfonamides is 1. The molecule has 1 fully saturated rings. The molecule has 1 N–H and O–H groups in total. The lowest BCUT2D eigenvalue weighted by Crippen LogP contribution is -2.50. The first-order chi connectivity index (χ1) is 15.1. The minimum atomic E-state index is -4.44. The van der Waals surface area contributed by atoms with Gasteiger partial charge in [-0.15, -0.1) is 0 Å². The molecule has 4 rings (SSSR count). The fourth-order valence-corrected chi connectivity index (χ4v) is 5.58. The molecule has 0 atom stereocenters. The van der Waals surface area contributed by atoms with E-state index in [-0.39, 0.29) is 36.1 Å². The summed E-state index contributed by atoms with van der Waals surface area (Å²) in [5.41, 5.74) is 0.330. The molecular weight excluding hydrogens is 467 g/mol. The zero-order chi connectivity index (χ0) is 22.9.